The summed E-state index contributed by atoms with van der Waals surface area (Å²) in [6.45, 7) is -0.309. The quantitative estimate of drug-likeness (QED) is 0.0700. The van der Waals surface area contributed by atoms with Gasteiger partial charge in [0.15, 0.2) is 0 Å². The van der Waals surface area contributed by atoms with Crippen LogP contribution in [0.4, 0.5) is 0 Å². The Bertz CT molecular complexity index is 1280. The monoisotopic (exact) mass is 749 g/mol. The summed E-state index contributed by atoms with van der Waals surface area (Å²) in [5.74, 6) is -1.02. The van der Waals surface area contributed by atoms with Crippen LogP contribution in [0.25, 0.3) is 0 Å². The van der Waals surface area contributed by atoms with E-state index in [-0.39, 0.29) is 42.1 Å². The molecule has 0 aliphatic carbocycles. The molecule has 3 aromatic carbocycles. The van der Waals surface area contributed by atoms with Crippen LogP contribution in [-0.2, 0) is 28.7 Å². The number of benzene rings is 3. The molecule has 4 N–H and O–H groups in total. The molecule has 0 aliphatic rings. The Kier molecular flexibility index (Phi) is 18.0. The van der Waals surface area contributed by atoms with Crippen molar-refractivity contribution < 1.29 is 45.6 Å². The minimum atomic E-state index is -1.93. The third kappa shape index (κ3) is 11.7. The Labute approximate surface area is 290 Å². The van der Waals surface area contributed by atoms with E-state index in [4.69, 9.17) is 5.73 Å². The van der Waals surface area contributed by atoms with Gasteiger partial charge in [-0.15, -0.1) is 0 Å². The molecule has 0 fully saturated rings. The second kappa shape index (κ2) is 21.1. The molecule has 2 amide bonds. The number of rotatable bonds is 18. The van der Waals surface area contributed by atoms with Crippen LogP contribution >= 0.6 is 28.9 Å². The van der Waals surface area contributed by atoms with Gasteiger partial charge < -0.3 is 42.8 Å². The highest BCUT2D eigenvalue weighted by Gasteiger charge is 2.44. The lowest BCUT2D eigenvalue weighted by Gasteiger charge is -2.27. The van der Waals surface area contributed by atoms with Crippen LogP contribution in [-0.4, -0.2) is 74.3 Å². The molecular weight excluding hydrogens is 709 g/mol. The second-order valence-electron chi connectivity index (χ2n) is 10.1. The zero-order valence-corrected chi connectivity index (χ0v) is 30.0. The molecule has 0 saturated heterocycles. The number of ether oxygens (including phenoxy) is 2. The minimum absolute atomic E-state index is 0. The predicted octanol–water partition coefficient (Wildman–Crippen LogP) is -0.189. The number of methoxy groups -OCH3 is 2. The summed E-state index contributed by atoms with van der Waals surface area (Å²) in [6.07, 6.45) is 1.92. The first-order valence-electron chi connectivity index (χ1n) is 14.6. The molecule has 0 aliphatic heterocycles. The fourth-order valence-electron chi connectivity index (χ4n) is 4.78. The minimum Gasteiger partial charge on any atom is -1.00 e. The Morgan fingerprint density at radius 1 is 0.804 bits per heavy atom. The molecule has 3 rings (SSSR count). The van der Waals surface area contributed by atoms with Crippen LogP contribution in [0.15, 0.2) is 91.0 Å². The lowest BCUT2D eigenvalue weighted by atomic mass is 10.1. The van der Waals surface area contributed by atoms with Crippen molar-refractivity contribution in [2.45, 2.75) is 31.3 Å². The highest BCUT2D eigenvalue weighted by atomic mass is 79.9. The van der Waals surface area contributed by atoms with Gasteiger partial charge >= 0.3 is 11.9 Å². The number of amides is 2. The fourth-order valence-corrected chi connectivity index (χ4v) is 11.6. The first kappa shape index (κ1) is 39.3. The van der Waals surface area contributed by atoms with Crippen molar-refractivity contribution >= 4 is 68.5 Å². The Morgan fingerprint density at radius 2 is 1.33 bits per heavy atom. The summed E-state index contributed by atoms with van der Waals surface area (Å²) < 4.78 is 9.21. The van der Waals surface area contributed by atoms with Crippen molar-refractivity contribution in [2.24, 2.45) is 5.73 Å². The lowest BCUT2D eigenvalue weighted by molar-refractivity contribution is -0.142. The third-order valence-electron chi connectivity index (χ3n) is 7.10. The molecule has 2 atom stereocenters. The SMILES string of the molecule is COC(=O)CNC(=O)[C@H](CSSCCC[P+](c1ccccc1)(c1ccccc1)c1ccccc1)NC(=O)CC[C@H](N)C(=O)OC.[Br-]. The standard InChI is InChI=1S/C33H40N3O6PS2.BrH/c1-41-31(38)23-35-32(39)29(36-30(37)20-19-28(34)33(40)42-2)24-45-44-22-12-21-43(25-13-6-3-7-14-25,26-15-8-4-9-16-26)27-17-10-5-11-18-27;/h3-11,13-18,28-29H,12,19-24,34H2,1-2H3,(H-,35,36,37,39);1H/t28-,29-;/m0./s1. The van der Waals surface area contributed by atoms with Crippen molar-refractivity contribution in [3.8, 4) is 0 Å². The molecule has 0 radical (unpaired) electrons. The van der Waals surface area contributed by atoms with Crippen molar-refractivity contribution in [3.05, 3.63) is 91.0 Å². The second-order valence-corrected chi connectivity index (χ2v) is 16.3. The number of hydrogen-bond donors (Lipinski definition) is 3. The van der Waals surface area contributed by atoms with E-state index < -0.39 is 43.1 Å². The van der Waals surface area contributed by atoms with Crippen LogP contribution in [0.2, 0.25) is 0 Å². The van der Waals surface area contributed by atoms with Crippen molar-refractivity contribution in [1.82, 2.24) is 10.6 Å². The lowest BCUT2D eigenvalue weighted by Crippen LogP contribution is -3.00. The van der Waals surface area contributed by atoms with E-state index in [0.717, 1.165) is 18.3 Å². The average Bonchev–Trinajstić information content (AvgIpc) is 3.09. The van der Waals surface area contributed by atoms with Crippen molar-refractivity contribution in [1.29, 1.82) is 0 Å². The number of nitrogens with two attached hydrogens (primary N) is 1. The van der Waals surface area contributed by atoms with Gasteiger partial charge in [0, 0.05) is 17.9 Å². The van der Waals surface area contributed by atoms with E-state index in [0.29, 0.717) is 0 Å². The third-order valence-corrected chi connectivity index (χ3v) is 14.1. The van der Waals surface area contributed by atoms with Gasteiger partial charge in [-0.05, 0) is 49.2 Å². The maximum atomic E-state index is 12.9. The molecule has 0 aromatic heterocycles. The predicted molar refractivity (Wildman–Crippen MR) is 186 cm³/mol. The van der Waals surface area contributed by atoms with E-state index >= 15 is 0 Å². The summed E-state index contributed by atoms with van der Waals surface area (Å²) in [7, 11) is 3.64. The maximum absolute atomic E-state index is 12.9. The largest absolute Gasteiger partial charge is 1.00 e. The van der Waals surface area contributed by atoms with E-state index in [9.17, 15) is 19.2 Å². The first-order chi connectivity index (χ1) is 21.8. The van der Waals surface area contributed by atoms with Gasteiger partial charge in [0.05, 0.1) is 20.4 Å². The van der Waals surface area contributed by atoms with Gasteiger partial charge in [0.2, 0.25) is 11.8 Å². The summed E-state index contributed by atoms with van der Waals surface area (Å²) >= 11 is 0. The fraction of sp³-hybridized carbons (Fsp3) is 0.333. The van der Waals surface area contributed by atoms with Crippen molar-refractivity contribution in [2.75, 3.05) is 38.4 Å². The molecule has 0 unspecified atom stereocenters. The number of carbonyl (C=O) groups is 4. The van der Waals surface area contributed by atoms with Gasteiger partial charge in [0.25, 0.3) is 0 Å². The molecule has 46 heavy (non-hydrogen) atoms. The zero-order valence-electron chi connectivity index (χ0n) is 25.9. The van der Waals surface area contributed by atoms with Crippen LogP contribution in [0.5, 0.6) is 0 Å². The Hall–Kier alpha value is -2.89. The number of nitrogens with one attached hydrogen (secondary N) is 2. The molecule has 0 spiro atoms. The Balaban J connectivity index is 0.00000736. The molecular formula is C33H41BrN3O6PS2. The van der Waals surface area contributed by atoms with E-state index in [2.05, 4.69) is 92.9 Å². The molecule has 248 valence electrons. The van der Waals surface area contributed by atoms with Crippen molar-refractivity contribution in [3.63, 3.8) is 0 Å². The van der Waals surface area contributed by atoms with Crippen LogP contribution in [0.1, 0.15) is 19.3 Å². The summed E-state index contributed by atoms with van der Waals surface area (Å²) in [5.41, 5.74) is 5.74. The maximum Gasteiger partial charge on any atom is 0.325 e. The van der Waals surface area contributed by atoms with Gasteiger partial charge in [-0.25, -0.2) is 0 Å². The summed E-state index contributed by atoms with van der Waals surface area (Å²) in [5, 5.41) is 9.22. The number of carbonyl (C=O) groups excluding carboxylic acids is 4. The zero-order chi connectivity index (χ0) is 32.5. The summed E-state index contributed by atoms with van der Waals surface area (Å²) in [6, 6.07) is 30.3. The Morgan fingerprint density at radius 3 is 1.80 bits per heavy atom. The number of esters is 2. The molecule has 0 bridgehead atoms. The van der Waals surface area contributed by atoms with Crippen LogP contribution in [0, 0.1) is 0 Å². The normalized spacial score (nSPS) is 12.2. The van der Waals surface area contributed by atoms with E-state index in [1.807, 2.05) is 18.2 Å². The topological polar surface area (TPSA) is 137 Å². The molecule has 9 nitrogen and oxygen atoms in total. The highest BCUT2D eigenvalue weighted by molar-refractivity contribution is 8.76. The number of hydrogen-bond acceptors (Lipinski definition) is 9. The van der Waals surface area contributed by atoms with Gasteiger partial charge in [-0.2, -0.15) is 0 Å². The first-order valence-corrected chi connectivity index (χ1v) is 19.0. The van der Waals surface area contributed by atoms with Gasteiger partial charge in [-0.1, -0.05) is 76.2 Å². The smallest absolute Gasteiger partial charge is 0.325 e. The molecule has 0 heterocycles. The molecule has 0 saturated carbocycles. The summed E-state index contributed by atoms with van der Waals surface area (Å²) in [4.78, 5) is 48.6. The van der Waals surface area contributed by atoms with Crippen LogP contribution in [0.3, 0.4) is 0 Å². The molecule has 13 heteroatoms. The van der Waals surface area contributed by atoms with Gasteiger partial charge in [-0.3, -0.25) is 19.2 Å². The van der Waals surface area contributed by atoms with E-state index in [1.54, 1.807) is 10.8 Å². The van der Waals surface area contributed by atoms with Crippen LogP contribution < -0.4 is 49.3 Å². The highest BCUT2D eigenvalue weighted by Crippen LogP contribution is 2.56. The van der Waals surface area contributed by atoms with Gasteiger partial charge in [0.1, 0.15) is 41.8 Å². The molecule has 3 aromatic rings. The van der Waals surface area contributed by atoms with E-state index in [1.165, 1.54) is 40.9 Å². The number of halogens is 1. The average molecular weight is 751 g/mol.